The molecule has 0 atom stereocenters. The summed E-state index contributed by atoms with van der Waals surface area (Å²) in [4.78, 5) is 28.4. The zero-order valence-corrected chi connectivity index (χ0v) is 16.2. The molecule has 0 radical (unpaired) electrons. The van der Waals surface area contributed by atoms with Crippen LogP contribution in [0.15, 0.2) is 40.0 Å². The van der Waals surface area contributed by atoms with Crippen molar-refractivity contribution in [2.75, 3.05) is 13.7 Å². The van der Waals surface area contributed by atoms with E-state index in [1.165, 1.54) is 11.6 Å². The lowest BCUT2D eigenvalue weighted by molar-refractivity contribution is 0.240. The van der Waals surface area contributed by atoms with Gasteiger partial charge in [0.05, 0.1) is 30.3 Å². The van der Waals surface area contributed by atoms with Crippen molar-refractivity contribution in [3.05, 3.63) is 63.7 Å². The van der Waals surface area contributed by atoms with E-state index < -0.39 is 0 Å². The second-order valence-corrected chi connectivity index (χ2v) is 7.13. The number of nitrogens with one attached hydrogen (secondary N) is 1. The zero-order chi connectivity index (χ0) is 20.0. The quantitative estimate of drug-likeness (QED) is 0.566. The van der Waals surface area contributed by atoms with Gasteiger partial charge in [0.25, 0.3) is 5.56 Å². The van der Waals surface area contributed by atoms with Crippen LogP contribution in [0.4, 0.5) is 0 Å². The van der Waals surface area contributed by atoms with Crippen molar-refractivity contribution < 1.29 is 9.15 Å². The number of aromatic nitrogens is 5. The van der Waals surface area contributed by atoms with E-state index in [1.54, 1.807) is 18.7 Å². The van der Waals surface area contributed by atoms with Crippen LogP contribution in [-0.2, 0) is 19.5 Å². The van der Waals surface area contributed by atoms with Crippen molar-refractivity contribution in [1.82, 2.24) is 29.5 Å². The highest BCUT2D eigenvalue weighted by Gasteiger charge is 2.23. The maximum atomic E-state index is 13.1. The molecule has 9 nitrogen and oxygen atoms in total. The second-order valence-electron chi connectivity index (χ2n) is 7.13. The first-order valence-electron chi connectivity index (χ1n) is 9.37. The van der Waals surface area contributed by atoms with Crippen LogP contribution in [0.3, 0.4) is 0 Å². The third kappa shape index (κ3) is 3.09. The molecule has 0 spiro atoms. The molecule has 5 rings (SSSR count). The number of ether oxygens (including phenoxy) is 1. The summed E-state index contributed by atoms with van der Waals surface area (Å²) in [7, 11) is 1.54. The van der Waals surface area contributed by atoms with Crippen molar-refractivity contribution in [2.45, 2.75) is 26.4 Å². The van der Waals surface area contributed by atoms with Crippen molar-refractivity contribution in [2.24, 2.45) is 0 Å². The van der Waals surface area contributed by atoms with Crippen LogP contribution < -0.4 is 10.3 Å². The topological polar surface area (TPSA) is 102 Å². The van der Waals surface area contributed by atoms with Crippen molar-refractivity contribution in [3.8, 4) is 17.3 Å². The van der Waals surface area contributed by atoms with Crippen LogP contribution >= 0.6 is 0 Å². The average molecular weight is 392 g/mol. The Balaban J connectivity index is 1.45. The Morgan fingerprint density at radius 3 is 2.86 bits per heavy atom. The molecule has 1 aliphatic rings. The van der Waals surface area contributed by atoms with E-state index in [9.17, 15) is 4.79 Å². The molecule has 9 heteroatoms. The largest absolute Gasteiger partial charge is 0.469 e. The van der Waals surface area contributed by atoms with Gasteiger partial charge in [0, 0.05) is 55.6 Å². The van der Waals surface area contributed by atoms with Crippen LogP contribution in [0.2, 0.25) is 0 Å². The molecular weight excluding hydrogens is 372 g/mol. The Labute approximate surface area is 166 Å². The van der Waals surface area contributed by atoms with Gasteiger partial charge in [0.1, 0.15) is 5.76 Å². The number of furan rings is 1. The summed E-state index contributed by atoms with van der Waals surface area (Å²) in [5.74, 6) is 0.794. The lowest BCUT2D eigenvalue weighted by atomic mass is 10.1. The third-order valence-electron chi connectivity index (χ3n) is 5.26. The number of aryl methyl sites for hydroxylation is 1. The van der Waals surface area contributed by atoms with Crippen molar-refractivity contribution >= 4 is 5.65 Å². The van der Waals surface area contributed by atoms with Crippen LogP contribution in [0.1, 0.15) is 22.6 Å². The van der Waals surface area contributed by atoms with Gasteiger partial charge in [-0.15, -0.1) is 0 Å². The predicted octanol–water partition coefficient (Wildman–Crippen LogP) is 1.95. The minimum Gasteiger partial charge on any atom is -0.469 e. The molecule has 0 fully saturated rings. The fourth-order valence-corrected chi connectivity index (χ4v) is 3.76. The summed E-state index contributed by atoms with van der Waals surface area (Å²) in [5, 5.41) is 3.16. The lowest BCUT2D eigenvalue weighted by Gasteiger charge is -2.27. The number of rotatable bonds is 4. The number of fused-ring (bicyclic) bond motifs is 2. The summed E-state index contributed by atoms with van der Waals surface area (Å²) in [6, 6.07) is 4.11. The fraction of sp³-hybridized carbons (Fsp3) is 0.300. The average Bonchev–Trinajstić information content (AvgIpc) is 3.35. The standard InChI is InChI=1S/C20H20N6O3/c1-12-14(4-6-29-12)17-7-18-23-16-3-5-25(11-15(16)19(27)26(18)24-17)10-13-8-21-20(28-2)22-9-13/h4,6-9,24H,3,5,10-11H2,1-2H3. The summed E-state index contributed by atoms with van der Waals surface area (Å²) in [6.45, 7) is 3.91. The predicted molar refractivity (Wildman–Crippen MR) is 105 cm³/mol. The highest BCUT2D eigenvalue weighted by molar-refractivity contribution is 5.65. The van der Waals surface area contributed by atoms with E-state index in [4.69, 9.17) is 14.1 Å². The zero-order valence-electron chi connectivity index (χ0n) is 16.2. The Bertz CT molecular complexity index is 1240. The molecule has 0 aliphatic carbocycles. The molecule has 5 heterocycles. The SMILES string of the molecule is COc1ncc(CN2CCc3nc4cc(-c5ccoc5C)[nH]n4c(=O)c3C2)cn1. The van der Waals surface area contributed by atoms with E-state index in [0.29, 0.717) is 24.7 Å². The Morgan fingerprint density at radius 2 is 2.14 bits per heavy atom. The first-order chi connectivity index (χ1) is 14.1. The molecule has 0 unspecified atom stereocenters. The van der Waals surface area contributed by atoms with E-state index in [1.807, 2.05) is 19.1 Å². The monoisotopic (exact) mass is 392 g/mol. The molecule has 0 amide bonds. The van der Waals surface area contributed by atoms with Gasteiger partial charge in [0.15, 0.2) is 5.65 Å². The smallest absolute Gasteiger partial charge is 0.316 e. The molecule has 0 bridgehead atoms. The highest BCUT2D eigenvalue weighted by atomic mass is 16.5. The summed E-state index contributed by atoms with van der Waals surface area (Å²) in [6.07, 6.45) is 5.86. The van der Waals surface area contributed by atoms with E-state index in [2.05, 4.69) is 20.0 Å². The Hall–Kier alpha value is -3.46. The van der Waals surface area contributed by atoms with Crippen LogP contribution in [0.25, 0.3) is 16.9 Å². The number of aromatic amines is 1. The Morgan fingerprint density at radius 1 is 1.31 bits per heavy atom. The summed E-state index contributed by atoms with van der Waals surface area (Å²) >= 11 is 0. The molecule has 148 valence electrons. The van der Waals surface area contributed by atoms with Gasteiger partial charge in [-0.2, -0.15) is 0 Å². The van der Waals surface area contributed by atoms with Crippen molar-refractivity contribution in [3.63, 3.8) is 0 Å². The van der Waals surface area contributed by atoms with Gasteiger partial charge in [-0.1, -0.05) is 0 Å². The van der Waals surface area contributed by atoms with Gasteiger partial charge in [-0.25, -0.2) is 19.5 Å². The molecule has 29 heavy (non-hydrogen) atoms. The van der Waals surface area contributed by atoms with E-state index >= 15 is 0 Å². The van der Waals surface area contributed by atoms with Gasteiger partial charge in [0.2, 0.25) is 0 Å². The maximum Gasteiger partial charge on any atom is 0.316 e. The van der Waals surface area contributed by atoms with E-state index in [-0.39, 0.29) is 5.56 Å². The summed E-state index contributed by atoms with van der Waals surface area (Å²) in [5.41, 5.74) is 4.87. The van der Waals surface area contributed by atoms with Gasteiger partial charge < -0.3 is 9.15 Å². The van der Waals surface area contributed by atoms with Gasteiger partial charge >= 0.3 is 6.01 Å². The molecule has 1 aliphatic heterocycles. The molecule has 0 saturated carbocycles. The maximum absolute atomic E-state index is 13.1. The van der Waals surface area contributed by atoms with Crippen LogP contribution in [-0.4, -0.2) is 43.1 Å². The Kier molecular flexibility index (Phi) is 4.17. The minimum absolute atomic E-state index is 0.0620. The number of hydrogen-bond donors (Lipinski definition) is 1. The number of hydrogen-bond acceptors (Lipinski definition) is 7. The second kappa shape index (κ2) is 6.85. The molecule has 4 aromatic heterocycles. The van der Waals surface area contributed by atoms with Crippen molar-refractivity contribution in [1.29, 1.82) is 0 Å². The van der Waals surface area contributed by atoms with Crippen LogP contribution in [0.5, 0.6) is 6.01 Å². The number of nitrogens with zero attached hydrogens (tertiary/aromatic N) is 5. The normalized spacial score (nSPS) is 14.3. The molecule has 0 saturated heterocycles. The molecular formula is C20H20N6O3. The molecule has 0 aromatic carbocycles. The molecule has 4 aromatic rings. The first-order valence-corrected chi connectivity index (χ1v) is 9.37. The third-order valence-corrected chi connectivity index (χ3v) is 5.26. The minimum atomic E-state index is -0.0620. The van der Waals surface area contributed by atoms with Gasteiger partial charge in [-0.3, -0.25) is 14.8 Å². The van der Waals surface area contributed by atoms with Crippen LogP contribution in [0, 0.1) is 6.92 Å². The first kappa shape index (κ1) is 17.6. The highest BCUT2D eigenvalue weighted by Crippen LogP contribution is 2.24. The van der Waals surface area contributed by atoms with Gasteiger partial charge in [-0.05, 0) is 13.0 Å². The molecule has 1 N–H and O–H groups in total. The fourth-order valence-electron chi connectivity index (χ4n) is 3.76. The number of H-pyrrole nitrogens is 1. The number of methoxy groups -OCH3 is 1. The lowest BCUT2D eigenvalue weighted by Crippen LogP contribution is -2.36. The summed E-state index contributed by atoms with van der Waals surface area (Å²) < 4.78 is 11.9. The van der Waals surface area contributed by atoms with E-state index in [0.717, 1.165) is 46.8 Å².